The van der Waals surface area contributed by atoms with Gasteiger partial charge in [0.05, 0.1) is 42.3 Å². The molecule has 4 fully saturated rings. The highest BCUT2D eigenvalue weighted by atomic mass is 16.5. The van der Waals surface area contributed by atoms with Crippen LogP contribution in [0.5, 0.6) is 0 Å². The molecule has 2 aromatic carbocycles. The summed E-state index contributed by atoms with van der Waals surface area (Å²) in [6.07, 6.45) is 15.0. The maximum Gasteiger partial charge on any atom is 0.256 e. The smallest absolute Gasteiger partial charge is 0.256 e. The number of amides is 3. The van der Waals surface area contributed by atoms with Crippen molar-refractivity contribution in [2.75, 3.05) is 26.7 Å². The first-order valence-corrected chi connectivity index (χ1v) is 24.7. The second-order valence-corrected chi connectivity index (χ2v) is 21.7. The topological polar surface area (TPSA) is 178 Å². The van der Waals surface area contributed by atoms with Crippen LogP contribution in [0, 0.1) is 28.6 Å². The molecule has 67 heavy (non-hydrogen) atoms. The molecule has 2 aliphatic heterocycles. The number of nitrogens with zero attached hydrogens (tertiary/aromatic N) is 3. The zero-order valence-electron chi connectivity index (χ0n) is 41.3. The fourth-order valence-electron chi connectivity index (χ4n) is 11.5. The monoisotopic (exact) mass is 922 g/mol. The largest absolute Gasteiger partial charge is 0.390 e. The zero-order chi connectivity index (χ0) is 48.7. The Kier molecular flexibility index (Phi) is 17.0. The summed E-state index contributed by atoms with van der Waals surface area (Å²) in [6.45, 7) is 16.6. The molecule has 6 N–H and O–H groups in total. The maximum absolute atomic E-state index is 13.8. The summed E-state index contributed by atoms with van der Waals surface area (Å²) in [7, 11) is 1.65. The Balaban J connectivity index is 0.000000226. The lowest BCUT2D eigenvalue weighted by atomic mass is 9.60. The Morgan fingerprint density at radius 3 is 2.27 bits per heavy atom. The van der Waals surface area contributed by atoms with Crippen LogP contribution in [0.3, 0.4) is 0 Å². The number of piperidine rings is 1. The number of hydrogen-bond acceptors (Lipinski definition) is 9. The number of nitrogens with one attached hydrogen (secondary N) is 1. The van der Waals surface area contributed by atoms with Crippen molar-refractivity contribution in [3.05, 3.63) is 107 Å². The van der Waals surface area contributed by atoms with Crippen LogP contribution in [0.25, 0.3) is 0 Å². The third-order valence-electron chi connectivity index (χ3n) is 15.3. The van der Waals surface area contributed by atoms with Gasteiger partial charge in [-0.1, -0.05) is 117 Å². The molecule has 0 aromatic heterocycles. The molecule has 366 valence electrons. The van der Waals surface area contributed by atoms with E-state index in [4.69, 9.17) is 10.5 Å². The van der Waals surface area contributed by atoms with Crippen LogP contribution in [0.2, 0.25) is 0 Å². The van der Waals surface area contributed by atoms with Crippen LogP contribution in [-0.4, -0.2) is 105 Å². The summed E-state index contributed by atoms with van der Waals surface area (Å²) in [4.78, 5) is 41.6. The lowest BCUT2D eigenvalue weighted by Crippen LogP contribution is -2.61. The fourth-order valence-corrected chi connectivity index (χ4v) is 11.5. The van der Waals surface area contributed by atoms with Gasteiger partial charge in [-0.25, -0.2) is 5.01 Å². The molecule has 0 bridgehead atoms. The highest BCUT2D eigenvalue weighted by Crippen LogP contribution is 2.60. The predicted molar refractivity (Wildman–Crippen MR) is 264 cm³/mol. The van der Waals surface area contributed by atoms with E-state index in [0.29, 0.717) is 61.7 Å². The minimum atomic E-state index is -1.17. The first-order chi connectivity index (χ1) is 31.6. The van der Waals surface area contributed by atoms with Crippen molar-refractivity contribution >= 4 is 23.4 Å². The highest BCUT2D eigenvalue weighted by molar-refractivity contribution is 6.13. The van der Waals surface area contributed by atoms with E-state index in [-0.39, 0.29) is 25.0 Å². The number of ether oxygens (including phenoxy) is 1. The zero-order valence-corrected chi connectivity index (χ0v) is 41.3. The van der Waals surface area contributed by atoms with Gasteiger partial charge in [0.25, 0.3) is 5.91 Å². The minimum Gasteiger partial charge on any atom is -0.390 e. The maximum atomic E-state index is 13.8. The number of rotatable bonds is 15. The molecular formula is C55H79N5O7. The van der Waals surface area contributed by atoms with Crippen molar-refractivity contribution in [3.8, 4) is 0 Å². The van der Waals surface area contributed by atoms with Gasteiger partial charge in [-0.3, -0.25) is 14.4 Å². The van der Waals surface area contributed by atoms with Crippen molar-refractivity contribution in [2.24, 2.45) is 39.4 Å². The average Bonchev–Trinajstić information content (AvgIpc) is 3.76. The first kappa shape index (κ1) is 51.9. The average molecular weight is 922 g/mol. The molecule has 0 spiro atoms. The molecule has 12 heteroatoms. The van der Waals surface area contributed by atoms with Crippen molar-refractivity contribution < 1.29 is 34.4 Å². The highest BCUT2D eigenvalue weighted by Gasteiger charge is 2.54. The van der Waals surface area contributed by atoms with Crippen LogP contribution in [0.4, 0.5) is 0 Å². The second-order valence-electron chi connectivity index (χ2n) is 21.7. The summed E-state index contributed by atoms with van der Waals surface area (Å²) < 4.78 is 5.85. The Labute approximate surface area is 399 Å². The van der Waals surface area contributed by atoms with Gasteiger partial charge in [-0.2, -0.15) is 5.10 Å². The van der Waals surface area contributed by atoms with Crippen LogP contribution >= 0.6 is 0 Å². The third kappa shape index (κ3) is 12.8. The van der Waals surface area contributed by atoms with E-state index >= 15 is 0 Å². The first-order valence-electron chi connectivity index (χ1n) is 24.7. The van der Waals surface area contributed by atoms with Crippen LogP contribution in [-0.2, 0) is 32.1 Å². The lowest BCUT2D eigenvalue weighted by Gasteiger charge is -2.44. The quantitative estimate of drug-likeness (QED) is 0.115. The van der Waals surface area contributed by atoms with E-state index in [0.717, 1.165) is 41.2 Å². The van der Waals surface area contributed by atoms with E-state index in [1.165, 1.54) is 43.5 Å². The van der Waals surface area contributed by atoms with Gasteiger partial charge < -0.3 is 36.0 Å². The SMILES string of the molecule is C=C1[C@H](O)CC(=C/C=C2\CCC[C@]3(C)[C@@H]([C@@H](C)CCCC(C)(C)O)CC[C@@H]23)C[C@H]1O.CN1N=C2CCN(C(=O)[C@@H](COCc3ccccc3)NC(=O)C(C)(C)N)C[C@@]2(Cc2ccccc2)C1=O. The fraction of sp³-hybridized carbons (Fsp3) is 0.600. The van der Waals surface area contributed by atoms with Crippen molar-refractivity contribution in [1.82, 2.24) is 15.2 Å². The third-order valence-corrected chi connectivity index (χ3v) is 15.3. The van der Waals surface area contributed by atoms with E-state index in [1.807, 2.05) is 74.5 Å². The number of likely N-dealkylation sites (tertiary alicyclic amines) is 1. The summed E-state index contributed by atoms with van der Waals surface area (Å²) in [6, 6.07) is 18.4. The van der Waals surface area contributed by atoms with Crippen LogP contribution in [0.1, 0.15) is 123 Å². The molecule has 3 amide bonds. The molecule has 0 unspecified atom stereocenters. The number of hydrogen-bond donors (Lipinski definition) is 5. The van der Waals surface area contributed by atoms with E-state index in [2.05, 4.69) is 43.0 Å². The molecule has 3 saturated carbocycles. The molecule has 1 saturated heterocycles. The Bertz CT molecular complexity index is 2130. The van der Waals surface area contributed by atoms with Gasteiger partial charge in [0.1, 0.15) is 11.5 Å². The molecular weight excluding hydrogens is 843 g/mol. The molecule has 2 aromatic rings. The summed E-state index contributed by atoms with van der Waals surface area (Å²) in [5.41, 5.74) is 9.74. The van der Waals surface area contributed by atoms with Gasteiger partial charge in [0, 0.05) is 26.6 Å². The predicted octanol–water partition coefficient (Wildman–Crippen LogP) is 7.42. The lowest BCUT2D eigenvalue weighted by molar-refractivity contribution is -0.143. The van der Waals surface area contributed by atoms with Crippen molar-refractivity contribution in [2.45, 2.75) is 155 Å². The van der Waals surface area contributed by atoms with E-state index in [9.17, 15) is 29.7 Å². The van der Waals surface area contributed by atoms with Crippen molar-refractivity contribution in [1.29, 1.82) is 0 Å². The molecule has 5 aliphatic rings. The molecule has 0 radical (unpaired) electrons. The van der Waals surface area contributed by atoms with Gasteiger partial charge >= 0.3 is 0 Å². The van der Waals surface area contributed by atoms with Crippen LogP contribution < -0.4 is 11.1 Å². The van der Waals surface area contributed by atoms with Gasteiger partial charge in [-0.15, -0.1) is 0 Å². The normalized spacial score (nSPS) is 28.0. The Morgan fingerprint density at radius 2 is 1.64 bits per heavy atom. The summed E-state index contributed by atoms with van der Waals surface area (Å²) >= 11 is 0. The minimum absolute atomic E-state index is 0.0213. The number of carbonyl (C=O) groups is 3. The van der Waals surface area contributed by atoms with Crippen LogP contribution in [0.15, 0.2) is 101 Å². The summed E-state index contributed by atoms with van der Waals surface area (Å²) in [5.74, 6) is 1.24. The Hall–Kier alpha value is -4.46. The molecule has 12 nitrogen and oxygen atoms in total. The number of benzene rings is 2. The van der Waals surface area contributed by atoms with E-state index in [1.54, 1.807) is 31.4 Å². The number of aliphatic hydroxyl groups is 3. The van der Waals surface area contributed by atoms with Crippen molar-refractivity contribution in [3.63, 3.8) is 0 Å². The molecule has 3 aliphatic carbocycles. The number of carbonyl (C=O) groups excluding carboxylic acids is 3. The van der Waals surface area contributed by atoms with Gasteiger partial charge in [-0.05, 0) is 125 Å². The number of hydrazone groups is 1. The molecule has 2 heterocycles. The van der Waals surface area contributed by atoms with Gasteiger partial charge in [0.15, 0.2) is 0 Å². The second kappa shape index (κ2) is 21.9. The van der Waals surface area contributed by atoms with E-state index < -0.39 is 40.7 Å². The summed E-state index contributed by atoms with van der Waals surface area (Å²) in [5, 5.41) is 39.0. The number of fused-ring (bicyclic) bond motifs is 2. The van der Waals surface area contributed by atoms with Gasteiger partial charge in [0.2, 0.25) is 11.8 Å². The standard InChI is InChI=1S/C28H35N5O4.C27H44O3/c1-27(2,29)25(35)30-22(18-37-17-21-12-8-5-9-13-21)24(34)33-15-14-23-28(19-33,26(36)32(3)31-23)16-20-10-6-4-7-11-20;1-18(8-6-14-26(3,4)30)22-12-13-23-21(9-7-15-27(22,23)5)11-10-20-16-24(28)19(2)25(29)17-20/h4-13,22H,14-19,29H2,1-3H3,(H,30,35);10-11,18,22-25,28-30H,2,6-9,12-17H2,1,3-5H3/b;21-11+/t22-,28-;18-,22+,23-,24+,25+,27+/m10/s1. The number of aliphatic hydroxyl groups excluding tert-OH is 2. The molecule has 8 atom stereocenters. The molecule has 7 rings (SSSR count). The number of nitrogens with two attached hydrogens (primary N) is 1. The Morgan fingerprint density at radius 1 is 1.00 bits per heavy atom. The number of allylic oxidation sites excluding steroid dienone is 3.